The number of nitrogens with one attached hydrogen (secondary N) is 2. The highest BCUT2D eigenvalue weighted by molar-refractivity contribution is 6.01. The first-order chi connectivity index (χ1) is 13.7. The van der Waals surface area contributed by atoms with Crippen LogP contribution in [-0.4, -0.2) is 42.9 Å². The van der Waals surface area contributed by atoms with Crippen LogP contribution in [0.15, 0.2) is 54.9 Å². The fraction of sp³-hybridized carbons (Fsp3) is 0.238. The number of nitrogens with zero attached hydrogens (tertiary/aromatic N) is 2. The maximum Gasteiger partial charge on any atom is 0.249 e. The lowest BCUT2D eigenvalue weighted by molar-refractivity contribution is -0.117. The van der Waals surface area contributed by atoms with E-state index in [1.807, 2.05) is 53.6 Å². The molecule has 1 aliphatic heterocycles. The number of hydrogen-bond acceptors (Lipinski definition) is 5. The van der Waals surface area contributed by atoms with Gasteiger partial charge in [-0.1, -0.05) is 18.2 Å². The summed E-state index contributed by atoms with van der Waals surface area (Å²) < 4.78 is 10.8. The van der Waals surface area contributed by atoms with Crippen LogP contribution in [0.2, 0.25) is 0 Å². The molecule has 144 valence electrons. The first-order valence-corrected chi connectivity index (χ1v) is 9.09. The number of benzene rings is 2. The average molecular weight is 378 g/mol. The first kappa shape index (κ1) is 17.9. The molecule has 0 aliphatic carbocycles. The SMILES string of the molecule is COc1cccc(NC2CCN(c3ccc(-c4cn[nH]c4)cc3)C2=O)c1OC. The number of H-pyrrole nitrogens is 1. The zero-order valence-electron chi connectivity index (χ0n) is 15.8. The van der Waals surface area contributed by atoms with E-state index in [2.05, 4.69) is 15.5 Å². The van der Waals surface area contributed by atoms with E-state index < -0.39 is 0 Å². The number of carbonyl (C=O) groups excluding carboxylic acids is 1. The van der Waals surface area contributed by atoms with Gasteiger partial charge in [0.25, 0.3) is 0 Å². The zero-order valence-corrected chi connectivity index (χ0v) is 15.8. The van der Waals surface area contributed by atoms with E-state index in [1.165, 1.54) is 0 Å². The number of rotatable bonds is 6. The second-order valence-electron chi connectivity index (χ2n) is 6.55. The molecule has 0 radical (unpaired) electrons. The van der Waals surface area contributed by atoms with Crippen molar-refractivity contribution in [3.05, 3.63) is 54.9 Å². The lowest BCUT2D eigenvalue weighted by Crippen LogP contribution is -2.33. The first-order valence-electron chi connectivity index (χ1n) is 9.09. The smallest absolute Gasteiger partial charge is 0.249 e. The van der Waals surface area contributed by atoms with Crippen LogP contribution in [0.1, 0.15) is 6.42 Å². The third-order valence-corrected chi connectivity index (χ3v) is 4.95. The highest BCUT2D eigenvalue weighted by Gasteiger charge is 2.33. The molecule has 1 aliphatic rings. The fourth-order valence-electron chi connectivity index (χ4n) is 3.50. The Morgan fingerprint density at radius 3 is 2.61 bits per heavy atom. The molecule has 0 bridgehead atoms. The van der Waals surface area contributed by atoms with Crippen molar-refractivity contribution in [3.63, 3.8) is 0 Å². The average Bonchev–Trinajstić information content (AvgIpc) is 3.39. The Kier molecular flexibility index (Phi) is 4.89. The second kappa shape index (κ2) is 7.64. The summed E-state index contributed by atoms with van der Waals surface area (Å²) in [4.78, 5) is 14.8. The maximum atomic E-state index is 13.0. The Hall–Kier alpha value is -3.48. The molecule has 3 aromatic rings. The summed E-state index contributed by atoms with van der Waals surface area (Å²) in [6, 6.07) is 13.2. The van der Waals surface area contributed by atoms with E-state index in [1.54, 1.807) is 20.4 Å². The minimum atomic E-state index is -0.311. The van der Waals surface area contributed by atoms with Crippen molar-refractivity contribution in [3.8, 4) is 22.6 Å². The summed E-state index contributed by atoms with van der Waals surface area (Å²) >= 11 is 0. The molecular weight excluding hydrogens is 356 g/mol. The summed E-state index contributed by atoms with van der Waals surface area (Å²) in [6.07, 6.45) is 4.33. The zero-order chi connectivity index (χ0) is 19.5. The molecule has 7 heteroatoms. The van der Waals surface area contributed by atoms with Gasteiger partial charge in [-0.05, 0) is 36.2 Å². The van der Waals surface area contributed by atoms with Gasteiger partial charge in [0.1, 0.15) is 6.04 Å². The van der Waals surface area contributed by atoms with E-state index in [-0.39, 0.29) is 11.9 Å². The van der Waals surface area contributed by atoms with Crippen LogP contribution in [0, 0.1) is 0 Å². The van der Waals surface area contributed by atoms with Crippen molar-refractivity contribution in [1.29, 1.82) is 0 Å². The Morgan fingerprint density at radius 2 is 1.93 bits per heavy atom. The number of para-hydroxylation sites is 1. The van der Waals surface area contributed by atoms with Gasteiger partial charge in [-0.3, -0.25) is 9.89 Å². The monoisotopic (exact) mass is 378 g/mol. The van der Waals surface area contributed by atoms with Gasteiger partial charge in [0.05, 0.1) is 26.1 Å². The molecule has 0 spiro atoms. The van der Waals surface area contributed by atoms with E-state index in [0.29, 0.717) is 24.5 Å². The highest BCUT2D eigenvalue weighted by Crippen LogP contribution is 2.36. The molecule has 2 heterocycles. The van der Waals surface area contributed by atoms with Crippen molar-refractivity contribution >= 4 is 17.3 Å². The van der Waals surface area contributed by atoms with Gasteiger partial charge < -0.3 is 19.7 Å². The third-order valence-electron chi connectivity index (χ3n) is 4.95. The maximum absolute atomic E-state index is 13.0. The van der Waals surface area contributed by atoms with Gasteiger partial charge in [0, 0.05) is 24.0 Å². The van der Waals surface area contributed by atoms with Gasteiger partial charge >= 0.3 is 0 Å². The van der Waals surface area contributed by atoms with Crippen molar-refractivity contribution < 1.29 is 14.3 Å². The molecule has 28 heavy (non-hydrogen) atoms. The minimum absolute atomic E-state index is 0.0425. The second-order valence-corrected chi connectivity index (χ2v) is 6.55. The van der Waals surface area contributed by atoms with E-state index in [4.69, 9.17) is 9.47 Å². The van der Waals surface area contributed by atoms with Gasteiger partial charge in [0.15, 0.2) is 11.5 Å². The summed E-state index contributed by atoms with van der Waals surface area (Å²) in [5, 5.41) is 10.1. The molecule has 2 N–H and O–H groups in total. The largest absolute Gasteiger partial charge is 0.493 e. The van der Waals surface area contributed by atoms with E-state index >= 15 is 0 Å². The molecule has 1 aromatic heterocycles. The topological polar surface area (TPSA) is 79.5 Å². The molecule has 7 nitrogen and oxygen atoms in total. The summed E-state index contributed by atoms with van der Waals surface area (Å²) in [5.41, 5.74) is 3.71. The van der Waals surface area contributed by atoms with Crippen molar-refractivity contribution in [1.82, 2.24) is 10.2 Å². The predicted molar refractivity (Wildman–Crippen MR) is 108 cm³/mol. The molecule has 4 rings (SSSR count). The molecule has 1 atom stereocenters. The third kappa shape index (κ3) is 3.26. The lowest BCUT2D eigenvalue weighted by Gasteiger charge is -2.19. The Morgan fingerprint density at radius 1 is 1.11 bits per heavy atom. The predicted octanol–water partition coefficient (Wildman–Crippen LogP) is 3.31. The van der Waals surface area contributed by atoms with E-state index in [0.717, 1.165) is 22.5 Å². The molecular formula is C21H22N4O3. The minimum Gasteiger partial charge on any atom is -0.493 e. The molecule has 2 aromatic carbocycles. The van der Waals surface area contributed by atoms with Crippen LogP contribution in [-0.2, 0) is 4.79 Å². The Balaban J connectivity index is 1.50. The molecule has 1 saturated heterocycles. The summed E-state index contributed by atoms with van der Waals surface area (Å²) in [5.74, 6) is 1.27. The number of carbonyl (C=O) groups is 1. The molecule has 0 saturated carbocycles. The molecule has 1 unspecified atom stereocenters. The Labute approximate surface area is 163 Å². The highest BCUT2D eigenvalue weighted by atomic mass is 16.5. The van der Waals surface area contributed by atoms with Crippen LogP contribution in [0.25, 0.3) is 11.1 Å². The van der Waals surface area contributed by atoms with Crippen molar-refractivity contribution in [2.75, 3.05) is 31.0 Å². The summed E-state index contributed by atoms with van der Waals surface area (Å²) in [6.45, 7) is 0.661. The number of methoxy groups -OCH3 is 2. The Bertz CT molecular complexity index is 954. The van der Waals surface area contributed by atoms with Gasteiger partial charge in [-0.15, -0.1) is 0 Å². The number of hydrogen-bond donors (Lipinski definition) is 2. The van der Waals surface area contributed by atoms with Crippen LogP contribution >= 0.6 is 0 Å². The van der Waals surface area contributed by atoms with Crippen LogP contribution in [0.5, 0.6) is 11.5 Å². The van der Waals surface area contributed by atoms with Gasteiger partial charge in [-0.2, -0.15) is 5.10 Å². The van der Waals surface area contributed by atoms with Crippen LogP contribution in [0.3, 0.4) is 0 Å². The molecule has 1 amide bonds. The number of amides is 1. The van der Waals surface area contributed by atoms with Crippen molar-refractivity contribution in [2.45, 2.75) is 12.5 Å². The number of aromatic nitrogens is 2. The lowest BCUT2D eigenvalue weighted by atomic mass is 10.1. The fourth-order valence-corrected chi connectivity index (χ4v) is 3.50. The normalized spacial score (nSPS) is 16.3. The summed E-state index contributed by atoms with van der Waals surface area (Å²) in [7, 11) is 3.19. The quantitative estimate of drug-likeness (QED) is 0.688. The standard InChI is InChI=1S/C21H22N4O3/c1-27-19-5-3-4-17(20(19)28-2)24-18-10-11-25(21(18)26)16-8-6-14(7-9-16)15-12-22-23-13-15/h3-9,12-13,18,24H,10-11H2,1-2H3,(H,22,23). The number of ether oxygens (including phenoxy) is 2. The molecule has 1 fully saturated rings. The number of anilines is 2. The van der Waals surface area contributed by atoms with Gasteiger partial charge in [-0.25, -0.2) is 0 Å². The van der Waals surface area contributed by atoms with Crippen molar-refractivity contribution in [2.24, 2.45) is 0 Å². The number of aromatic amines is 1. The van der Waals surface area contributed by atoms with E-state index in [9.17, 15) is 4.79 Å². The van der Waals surface area contributed by atoms with Crippen LogP contribution in [0.4, 0.5) is 11.4 Å². The van der Waals surface area contributed by atoms with Crippen LogP contribution < -0.4 is 19.7 Å². The van der Waals surface area contributed by atoms with Gasteiger partial charge in [0.2, 0.25) is 5.91 Å².